The van der Waals surface area contributed by atoms with Gasteiger partial charge < -0.3 is 19.9 Å². The number of rotatable bonds is 7. The van der Waals surface area contributed by atoms with Gasteiger partial charge in [-0.15, -0.1) is 0 Å². The first-order chi connectivity index (χ1) is 15.4. The van der Waals surface area contributed by atoms with Gasteiger partial charge in [0, 0.05) is 11.6 Å². The molecule has 2 aromatic heterocycles. The van der Waals surface area contributed by atoms with E-state index in [2.05, 4.69) is 21.4 Å². The van der Waals surface area contributed by atoms with Crippen LogP contribution in [-0.4, -0.2) is 45.5 Å². The van der Waals surface area contributed by atoms with E-state index < -0.39 is 22.9 Å². The summed E-state index contributed by atoms with van der Waals surface area (Å²) in [6, 6.07) is 5.74. The molecule has 2 N–H and O–H groups in total. The van der Waals surface area contributed by atoms with Crippen molar-refractivity contribution in [1.29, 1.82) is 5.26 Å². The van der Waals surface area contributed by atoms with Crippen LogP contribution in [0.25, 0.3) is 11.0 Å². The van der Waals surface area contributed by atoms with Gasteiger partial charge in [-0.2, -0.15) is 5.26 Å². The molecule has 6 rings (SSSR count). The molecule has 2 aliphatic carbocycles. The highest BCUT2D eigenvalue weighted by molar-refractivity contribution is 5.78. The van der Waals surface area contributed by atoms with Crippen LogP contribution in [0.15, 0.2) is 18.3 Å². The van der Waals surface area contributed by atoms with Crippen LogP contribution < -0.4 is 10.1 Å². The second-order valence-corrected chi connectivity index (χ2v) is 9.46. The second-order valence-electron chi connectivity index (χ2n) is 9.46. The van der Waals surface area contributed by atoms with Gasteiger partial charge >= 0.3 is 6.09 Å². The minimum atomic E-state index is -1.03. The highest BCUT2D eigenvalue weighted by Gasteiger charge is 2.50. The fourth-order valence-electron chi connectivity index (χ4n) is 4.87. The van der Waals surface area contributed by atoms with E-state index in [1.807, 2.05) is 0 Å². The SMILES string of the molecule is N#CC1(COc2ccc3ncc(F)c(CCC45CCC(NC(=O)O)(CC4)CO5)c3n2)CC1. The number of halogens is 1. The summed E-state index contributed by atoms with van der Waals surface area (Å²) in [5.74, 6) is -0.0512. The van der Waals surface area contributed by atoms with E-state index in [0.717, 1.165) is 38.5 Å². The Morgan fingerprint density at radius 2 is 2.06 bits per heavy atom. The summed E-state index contributed by atoms with van der Waals surface area (Å²) in [5, 5.41) is 21.0. The van der Waals surface area contributed by atoms with Crippen molar-refractivity contribution in [2.24, 2.45) is 5.41 Å². The van der Waals surface area contributed by atoms with Crippen molar-refractivity contribution in [3.05, 3.63) is 29.7 Å². The van der Waals surface area contributed by atoms with E-state index in [1.54, 1.807) is 12.1 Å². The molecular formula is C23H25FN4O4. The van der Waals surface area contributed by atoms with E-state index in [9.17, 15) is 14.4 Å². The quantitative estimate of drug-likeness (QED) is 0.673. The molecule has 2 saturated heterocycles. The molecule has 1 amide bonds. The summed E-state index contributed by atoms with van der Waals surface area (Å²) >= 11 is 0. The Morgan fingerprint density at radius 1 is 1.28 bits per heavy atom. The number of ether oxygens (including phenoxy) is 2. The predicted molar refractivity (Wildman–Crippen MR) is 112 cm³/mol. The van der Waals surface area contributed by atoms with Crippen LogP contribution in [0.4, 0.5) is 9.18 Å². The van der Waals surface area contributed by atoms with Crippen LogP contribution in [0, 0.1) is 22.6 Å². The molecule has 168 valence electrons. The maximum atomic E-state index is 14.8. The third-order valence-electron chi connectivity index (χ3n) is 7.30. The van der Waals surface area contributed by atoms with E-state index in [-0.39, 0.29) is 12.2 Å². The van der Waals surface area contributed by atoms with Crippen LogP contribution in [0.2, 0.25) is 0 Å². The topological polar surface area (TPSA) is 117 Å². The van der Waals surface area contributed by atoms with Crippen LogP contribution in [-0.2, 0) is 11.2 Å². The highest BCUT2D eigenvalue weighted by Crippen LogP contribution is 2.46. The fourth-order valence-corrected chi connectivity index (χ4v) is 4.87. The second kappa shape index (κ2) is 7.55. The molecule has 4 fully saturated rings. The van der Waals surface area contributed by atoms with Crippen LogP contribution in [0.3, 0.4) is 0 Å². The lowest BCUT2D eigenvalue weighted by atomic mass is 9.69. The lowest BCUT2D eigenvalue weighted by molar-refractivity contribution is -0.162. The average molecular weight is 440 g/mol. The van der Waals surface area contributed by atoms with Crippen LogP contribution in [0.5, 0.6) is 5.88 Å². The van der Waals surface area contributed by atoms with E-state index in [0.29, 0.717) is 41.9 Å². The maximum absolute atomic E-state index is 14.8. The van der Waals surface area contributed by atoms with Crippen LogP contribution in [0.1, 0.15) is 50.5 Å². The number of nitrogens with one attached hydrogen (secondary N) is 1. The third-order valence-corrected chi connectivity index (χ3v) is 7.30. The number of hydrogen-bond acceptors (Lipinski definition) is 6. The molecule has 0 unspecified atom stereocenters. The van der Waals surface area contributed by atoms with Gasteiger partial charge in [0.1, 0.15) is 12.4 Å². The molecule has 0 radical (unpaired) electrons. The Morgan fingerprint density at radius 3 is 2.69 bits per heavy atom. The predicted octanol–water partition coefficient (Wildman–Crippen LogP) is 3.73. The summed E-state index contributed by atoms with van der Waals surface area (Å²) in [6.45, 7) is 0.624. The molecule has 2 aromatic rings. The first-order valence-electron chi connectivity index (χ1n) is 11.0. The standard InChI is InChI=1S/C23H25FN4O4/c24-16-11-26-17-1-2-18(31-13-21(12-25)5-6-21)27-19(17)15(16)3-4-23-9-7-22(8-10-23,14-32-23)28-20(29)30/h1-2,11,28H,3-10,13-14H2,(H,29,30). The van der Waals surface area contributed by atoms with E-state index >= 15 is 0 Å². The number of aromatic nitrogens is 2. The number of pyridine rings is 2. The molecule has 0 atom stereocenters. The molecule has 0 aromatic carbocycles. The van der Waals surface area contributed by atoms with Gasteiger partial charge in [0.25, 0.3) is 0 Å². The summed E-state index contributed by atoms with van der Waals surface area (Å²) in [7, 11) is 0. The van der Waals surface area contributed by atoms with Gasteiger partial charge in [-0.3, -0.25) is 4.98 Å². The van der Waals surface area contributed by atoms with Gasteiger partial charge in [-0.1, -0.05) is 0 Å². The number of carbonyl (C=O) groups is 1. The Hall–Kier alpha value is -2.99. The van der Waals surface area contributed by atoms with E-state index in [4.69, 9.17) is 14.6 Å². The molecule has 4 heterocycles. The van der Waals surface area contributed by atoms with E-state index in [1.165, 1.54) is 6.20 Å². The molecule has 8 nitrogen and oxygen atoms in total. The van der Waals surface area contributed by atoms with Gasteiger partial charge in [0.15, 0.2) is 0 Å². The number of aryl methyl sites for hydroxylation is 1. The monoisotopic (exact) mass is 440 g/mol. The molecule has 2 saturated carbocycles. The fraction of sp³-hybridized carbons (Fsp3) is 0.565. The smallest absolute Gasteiger partial charge is 0.405 e. The molecule has 32 heavy (non-hydrogen) atoms. The van der Waals surface area contributed by atoms with Crippen molar-refractivity contribution in [2.45, 2.75) is 62.5 Å². The number of amides is 1. The molecule has 4 aliphatic rings. The van der Waals surface area contributed by atoms with Gasteiger partial charge in [-0.05, 0) is 57.4 Å². The first kappa shape index (κ1) is 20.9. The Bertz CT molecular complexity index is 1090. The third kappa shape index (κ3) is 3.84. The average Bonchev–Trinajstić information content (AvgIpc) is 3.58. The zero-order valence-electron chi connectivity index (χ0n) is 17.7. The zero-order chi connectivity index (χ0) is 22.4. The van der Waals surface area contributed by atoms with Gasteiger partial charge in [-0.25, -0.2) is 14.2 Å². The molecule has 2 aliphatic heterocycles. The molecule has 9 heteroatoms. The summed E-state index contributed by atoms with van der Waals surface area (Å²) in [5.41, 5.74) is 0.246. The lowest BCUT2D eigenvalue weighted by Crippen LogP contribution is -2.62. The minimum Gasteiger partial charge on any atom is -0.476 e. The lowest BCUT2D eigenvalue weighted by Gasteiger charge is -2.53. The van der Waals surface area contributed by atoms with Crippen molar-refractivity contribution in [1.82, 2.24) is 15.3 Å². The Kier molecular flexibility index (Phi) is 4.93. The number of hydrogen-bond donors (Lipinski definition) is 2. The molecule has 0 spiro atoms. The maximum Gasteiger partial charge on any atom is 0.405 e. The largest absolute Gasteiger partial charge is 0.476 e. The van der Waals surface area contributed by atoms with Crippen molar-refractivity contribution >= 4 is 17.1 Å². The zero-order valence-corrected chi connectivity index (χ0v) is 17.7. The first-order valence-corrected chi connectivity index (χ1v) is 11.0. The van der Waals surface area contributed by atoms with Crippen molar-refractivity contribution in [3.63, 3.8) is 0 Å². The van der Waals surface area contributed by atoms with Crippen molar-refractivity contribution < 1.29 is 23.8 Å². The minimum absolute atomic E-state index is 0.281. The summed E-state index contributed by atoms with van der Waals surface area (Å²) < 4.78 is 26.7. The summed E-state index contributed by atoms with van der Waals surface area (Å²) in [6.07, 6.45) is 5.79. The van der Waals surface area contributed by atoms with Crippen LogP contribution >= 0.6 is 0 Å². The normalized spacial score (nSPS) is 27.6. The summed E-state index contributed by atoms with van der Waals surface area (Å²) in [4.78, 5) is 19.8. The molecular weight excluding hydrogens is 415 g/mol. The van der Waals surface area contributed by atoms with Gasteiger partial charge in [0.05, 0.1) is 46.5 Å². The number of carboxylic acid groups (broad SMARTS) is 1. The van der Waals surface area contributed by atoms with Gasteiger partial charge in [0.2, 0.25) is 5.88 Å². The Balaban J connectivity index is 1.32. The molecule has 2 bridgehead atoms. The highest BCUT2D eigenvalue weighted by atomic mass is 19.1. The Labute approximate surface area is 184 Å². The van der Waals surface area contributed by atoms with Crippen molar-refractivity contribution in [3.8, 4) is 11.9 Å². The number of nitriles is 1. The number of nitrogens with zero attached hydrogens (tertiary/aromatic N) is 3. The van der Waals surface area contributed by atoms with Crippen molar-refractivity contribution in [2.75, 3.05) is 13.2 Å². The number of fused-ring (bicyclic) bond motifs is 4.